The molecule has 0 radical (unpaired) electrons. The van der Waals surface area contributed by atoms with E-state index in [0.29, 0.717) is 5.69 Å². The first-order valence-electron chi connectivity index (χ1n) is 5.80. The van der Waals surface area contributed by atoms with Gasteiger partial charge in [0.05, 0.1) is 11.3 Å². The summed E-state index contributed by atoms with van der Waals surface area (Å²) >= 11 is 6.38. The fraction of sp³-hybridized carbons (Fsp3) is 0.167. The van der Waals surface area contributed by atoms with Gasteiger partial charge in [-0.05, 0) is 51.5 Å². The summed E-state index contributed by atoms with van der Waals surface area (Å²) in [6, 6.07) is 5.47. The molecule has 21 heavy (non-hydrogen) atoms. The van der Waals surface area contributed by atoms with Crippen molar-refractivity contribution in [3.05, 3.63) is 49.0 Å². The van der Waals surface area contributed by atoms with Crippen LogP contribution >= 0.6 is 31.9 Å². The van der Waals surface area contributed by atoms with E-state index in [1.54, 1.807) is 6.07 Å². The molecule has 1 N–H and O–H groups in total. The van der Waals surface area contributed by atoms with Crippen molar-refractivity contribution in [1.29, 1.82) is 0 Å². The van der Waals surface area contributed by atoms with Crippen molar-refractivity contribution in [1.82, 2.24) is 9.78 Å². The summed E-state index contributed by atoms with van der Waals surface area (Å²) in [6.07, 6.45) is 1.39. The maximum Gasteiger partial charge on any atom is 0.404 e. The highest BCUT2D eigenvalue weighted by atomic mass is 79.9. The van der Waals surface area contributed by atoms with Crippen molar-refractivity contribution < 1.29 is 9.72 Å². The van der Waals surface area contributed by atoms with Gasteiger partial charge in [0.2, 0.25) is 5.91 Å². The number of halogens is 2. The van der Waals surface area contributed by atoms with E-state index in [9.17, 15) is 14.9 Å². The number of aromatic nitrogens is 2. The zero-order valence-electron chi connectivity index (χ0n) is 10.8. The third-order valence-electron chi connectivity index (χ3n) is 2.64. The number of amides is 1. The number of carbonyl (C=O) groups is 1. The molecule has 0 aliphatic heterocycles. The van der Waals surface area contributed by atoms with Crippen LogP contribution in [0.25, 0.3) is 0 Å². The minimum atomic E-state index is -0.614. The molecule has 0 aliphatic carbocycles. The van der Waals surface area contributed by atoms with Gasteiger partial charge < -0.3 is 15.4 Å². The Bertz CT molecular complexity index is 715. The van der Waals surface area contributed by atoms with Crippen molar-refractivity contribution in [2.75, 3.05) is 5.32 Å². The van der Waals surface area contributed by atoms with Crippen LogP contribution in [0.2, 0.25) is 0 Å². The Morgan fingerprint density at radius 1 is 1.48 bits per heavy atom. The third kappa shape index (κ3) is 3.88. The Hall–Kier alpha value is -1.74. The summed E-state index contributed by atoms with van der Waals surface area (Å²) in [4.78, 5) is 22.0. The number of hydrogen-bond acceptors (Lipinski definition) is 4. The minimum Gasteiger partial charge on any atom is -0.358 e. The first-order chi connectivity index (χ1) is 9.86. The highest BCUT2D eigenvalue weighted by Gasteiger charge is 2.20. The zero-order chi connectivity index (χ0) is 15.6. The quantitative estimate of drug-likeness (QED) is 0.610. The Kier molecular flexibility index (Phi) is 4.73. The molecule has 2 rings (SSSR count). The summed E-state index contributed by atoms with van der Waals surface area (Å²) in [5.41, 5.74) is 1.59. The summed E-state index contributed by atoms with van der Waals surface area (Å²) in [7, 11) is 0. The van der Waals surface area contributed by atoms with E-state index < -0.39 is 4.92 Å². The number of nitrogens with zero attached hydrogens (tertiary/aromatic N) is 3. The molecule has 0 saturated carbocycles. The minimum absolute atomic E-state index is 0.109. The highest BCUT2D eigenvalue weighted by Crippen LogP contribution is 2.22. The van der Waals surface area contributed by atoms with Gasteiger partial charge in [-0.15, -0.1) is 0 Å². The van der Waals surface area contributed by atoms with Gasteiger partial charge in [0.1, 0.15) is 11.0 Å². The number of hydrogen-bond donors (Lipinski definition) is 1. The molecule has 1 aromatic heterocycles. The molecule has 1 heterocycles. The van der Waals surface area contributed by atoms with Crippen LogP contribution in [-0.2, 0) is 11.3 Å². The standard InChI is InChI=1S/C12H10Br2N4O3/c1-7-4-8(13)2-3-10(7)15-11(19)6-17-5-9(14)12(16-17)18(20)21/h2-5H,6H2,1H3,(H,15,19). The van der Waals surface area contributed by atoms with Gasteiger partial charge in [0.25, 0.3) is 0 Å². The van der Waals surface area contributed by atoms with Gasteiger partial charge in [-0.3, -0.25) is 4.79 Å². The fourth-order valence-corrected chi connectivity index (χ4v) is 2.63. The van der Waals surface area contributed by atoms with Crippen molar-refractivity contribution >= 4 is 49.3 Å². The van der Waals surface area contributed by atoms with Crippen LogP contribution in [0.4, 0.5) is 11.5 Å². The summed E-state index contributed by atoms with van der Waals surface area (Å²) in [5, 5.41) is 17.2. The molecular formula is C12H10Br2N4O3. The fourth-order valence-electron chi connectivity index (χ4n) is 1.70. The van der Waals surface area contributed by atoms with Gasteiger partial charge in [-0.1, -0.05) is 15.9 Å². The second kappa shape index (κ2) is 6.35. The van der Waals surface area contributed by atoms with E-state index in [1.165, 1.54) is 10.9 Å². The lowest BCUT2D eigenvalue weighted by molar-refractivity contribution is -0.390. The molecule has 0 saturated heterocycles. The predicted octanol–water partition coefficient (Wildman–Crippen LogP) is 3.26. The zero-order valence-corrected chi connectivity index (χ0v) is 14.0. The Morgan fingerprint density at radius 3 is 2.76 bits per heavy atom. The maximum absolute atomic E-state index is 11.9. The van der Waals surface area contributed by atoms with Gasteiger partial charge >= 0.3 is 5.82 Å². The molecule has 110 valence electrons. The van der Waals surface area contributed by atoms with E-state index in [2.05, 4.69) is 42.3 Å². The smallest absolute Gasteiger partial charge is 0.358 e. The number of rotatable bonds is 4. The van der Waals surface area contributed by atoms with E-state index in [-0.39, 0.29) is 22.7 Å². The maximum atomic E-state index is 11.9. The number of aryl methyl sites for hydroxylation is 1. The van der Waals surface area contributed by atoms with E-state index in [0.717, 1.165) is 10.0 Å². The first kappa shape index (κ1) is 15.6. The number of benzene rings is 1. The number of carbonyl (C=O) groups excluding carboxylic acids is 1. The van der Waals surface area contributed by atoms with Crippen LogP contribution in [0.3, 0.4) is 0 Å². The van der Waals surface area contributed by atoms with Gasteiger partial charge in [0.15, 0.2) is 0 Å². The van der Waals surface area contributed by atoms with Crippen molar-refractivity contribution in [2.45, 2.75) is 13.5 Å². The molecule has 0 unspecified atom stereocenters. The Balaban J connectivity index is 2.08. The van der Waals surface area contributed by atoms with Crippen LogP contribution in [0.1, 0.15) is 5.56 Å². The normalized spacial score (nSPS) is 10.4. The van der Waals surface area contributed by atoms with E-state index >= 15 is 0 Å². The molecular weight excluding hydrogens is 408 g/mol. The molecule has 9 heteroatoms. The average molecular weight is 418 g/mol. The lowest BCUT2D eigenvalue weighted by Gasteiger charge is -2.07. The van der Waals surface area contributed by atoms with Crippen LogP contribution in [0.5, 0.6) is 0 Å². The van der Waals surface area contributed by atoms with Gasteiger partial charge in [0, 0.05) is 10.2 Å². The van der Waals surface area contributed by atoms with Crippen molar-refractivity contribution in [2.24, 2.45) is 0 Å². The summed E-state index contributed by atoms with van der Waals surface area (Å²) in [5.74, 6) is -0.632. The largest absolute Gasteiger partial charge is 0.404 e. The molecule has 0 atom stereocenters. The second-order valence-corrected chi connectivity index (χ2v) is 6.03. The molecule has 1 amide bonds. The Morgan fingerprint density at radius 2 is 2.19 bits per heavy atom. The van der Waals surface area contributed by atoms with E-state index in [4.69, 9.17) is 0 Å². The molecule has 0 aliphatic rings. The van der Waals surface area contributed by atoms with Crippen LogP contribution in [-0.4, -0.2) is 20.6 Å². The molecule has 0 spiro atoms. The molecule has 2 aromatic rings. The summed E-state index contributed by atoms with van der Waals surface area (Å²) < 4.78 is 2.37. The van der Waals surface area contributed by atoms with Crippen LogP contribution in [0, 0.1) is 17.0 Å². The summed E-state index contributed by atoms with van der Waals surface area (Å²) in [6.45, 7) is 1.76. The van der Waals surface area contributed by atoms with Gasteiger partial charge in [-0.25, -0.2) is 0 Å². The second-order valence-electron chi connectivity index (χ2n) is 4.26. The molecule has 0 bridgehead atoms. The average Bonchev–Trinajstić information content (AvgIpc) is 2.74. The number of anilines is 1. The SMILES string of the molecule is Cc1cc(Br)ccc1NC(=O)Cn1cc(Br)c([N+](=O)[O-])n1. The monoisotopic (exact) mass is 416 g/mol. The topological polar surface area (TPSA) is 90.1 Å². The van der Waals surface area contributed by atoms with Crippen LogP contribution < -0.4 is 5.32 Å². The lowest BCUT2D eigenvalue weighted by Crippen LogP contribution is -2.19. The third-order valence-corrected chi connectivity index (χ3v) is 3.69. The van der Waals surface area contributed by atoms with Crippen LogP contribution in [0.15, 0.2) is 33.3 Å². The number of nitro groups is 1. The highest BCUT2D eigenvalue weighted by molar-refractivity contribution is 9.10. The number of nitrogens with one attached hydrogen (secondary N) is 1. The predicted molar refractivity (Wildman–Crippen MR) is 84.1 cm³/mol. The first-order valence-corrected chi connectivity index (χ1v) is 7.39. The lowest BCUT2D eigenvalue weighted by atomic mass is 10.2. The Labute approximate surface area is 136 Å². The van der Waals surface area contributed by atoms with Gasteiger partial charge in [-0.2, -0.15) is 4.68 Å². The van der Waals surface area contributed by atoms with E-state index in [1.807, 2.05) is 19.1 Å². The molecule has 7 nitrogen and oxygen atoms in total. The van der Waals surface area contributed by atoms with Crippen molar-refractivity contribution in [3.63, 3.8) is 0 Å². The molecule has 1 aromatic carbocycles. The van der Waals surface area contributed by atoms with Crippen molar-refractivity contribution in [3.8, 4) is 0 Å². The molecule has 0 fully saturated rings.